The van der Waals surface area contributed by atoms with Crippen molar-refractivity contribution in [3.8, 4) is 5.75 Å². The number of nitrogens with one attached hydrogen (secondary N) is 1. The Bertz CT molecular complexity index is 1090. The Morgan fingerprint density at radius 3 is 2.57 bits per heavy atom. The Morgan fingerprint density at radius 2 is 1.77 bits per heavy atom. The minimum absolute atomic E-state index is 0.0854. The molecule has 1 N–H and O–H groups in total. The highest BCUT2D eigenvalue weighted by Crippen LogP contribution is 2.32. The Kier molecular flexibility index (Phi) is 5.49. The summed E-state index contributed by atoms with van der Waals surface area (Å²) < 4.78 is 34.6. The van der Waals surface area contributed by atoms with E-state index in [1.165, 1.54) is 0 Å². The highest BCUT2D eigenvalue weighted by atomic mass is 32.2. The van der Waals surface area contributed by atoms with E-state index in [0.717, 1.165) is 43.4 Å². The van der Waals surface area contributed by atoms with Crippen molar-refractivity contribution >= 4 is 21.6 Å². The smallest absolute Gasteiger partial charge is 0.262 e. The number of piperidine rings is 1. The van der Waals surface area contributed by atoms with E-state index in [9.17, 15) is 13.2 Å². The van der Waals surface area contributed by atoms with E-state index in [0.29, 0.717) is 29.2 Å². The van der Waals surface area contributed by atoms with E-state index in [4.69, 9.17) is 4.74 Å². The summed E-state index contributed by atoms with van der Waals surface area (Å²) >= 11 is 0. The lowest BCUT2D eigenvalue weighted by Crippen LogP contribution is -2.45. The molecule has 30 heavy (non-hydrogen) atoms. The molecule has 0 spiro atoms. The first-order chi connectivity index (χ1) is 14.3. The summed E-state index contributed by atoms with van der Waals surface area (Å²) in [5, 5.41) is 0. The second-order valence-corrected chi connectivity index (χ2v) is 9.95. The number of carbonyl (C=O) groups is 1. The minimum atomic E-state index is -3.78. The molecule has 0 aromatic heterocycles. The molecule has 2 aromatic carbocycles. The van der Waals surface area contributed by atoms with Gasteiger partial charge in [-0.25, -0.2) is 8.42 Å². The molecule has 1 saturated heterocycles. The largest absolute Gasteiger partial charge is 0.493 e. The second-order valence-electron chi connectivity index (χ2n) is 8.30. The van der Waals surface area contributed by atoms with Crippen molar-refractivity contribution in [1.82, 2.24) is 4.90 Å². The van der Waals surface area contributed by atoms with Crippen LogP contribution in [0.15, 0.2) is 35.2 Å². The Balaban J connectivity index is 1.67. The number of amides is 1. The molecule has 2 heterocycles. The standard InChI is InChI=1S/C23H28N2O4S/c1-15-12-17(3)22(13-16(15)2)30(27,28)24-18-7-8-21-20(14-18)23(26)25-10-5-4-6-19(25)9-11-29-21/h7-8,12-14,19,24H,4-6,9-11H2,1-3H3. The molecule has 2 aromatic rings. The van der Waals surface area contributed by atoms with Gasteiger partial charge in [0.05, 0.1) is 17.1 Å². The van der Waals surface area contributed by atoms with Crippen molar-refractivity contribution in [3.63, 3.8) is 0 Å². The Labute approximate surface area is 178 Å². The maximum Gasteiger partial charge on any atom is 0.262 e. The molecule has 4 rings (SSSR count). The molecule has 2 aliphatic heterocycles. The van der Waals surface area contributed by atoms with Crippen molar-refractivity contribution in [3.05, 3.63) is 52.6 Å². The van der Waals surface area contributed by atoms with Crippen LogP contribution in [0.4, 0.5) is 5.69 Å². The summed E-state index contributed by atoms with van der Waals surface area (Å²) in [6.45, 7) is 6.93. The number of ether oxygens (including phenoxy) is 1. The highest BCUT2D eigenvalue weighted by molar-refractivity contribution is 7.92. The maximum atomic E-state index is 13.2. The molecule has 1 atom stereocenters. The average Bonchev–Trinajstić information content (AvgIpc) is 2.70. The fourth-order valence-corrected chi connectivity index (χ4v) is 5.71. The number of rotatable bonds is 3. The van der Waals surface area contributed by atoms with Gasteiger partial charge in [0.1, 0.15) is 5.75 Å². The average molecular weight is 429 g/mol. The SMILES string of the molecule is Cc1cc(C)c(S(=O)(=O)Nc2ccc3c(c2)C(=O)N2CCCCC2CCO3)cc1C. The van der Waals surface area contributed by atoms with Gasteiger partial charge in [0, 0.05) is 24.7 Å². The van der Waals surface area contributed by atoms with Crippen LogP contribution in [0.2, 0.25) is 0 Å². The molecule has 1 unspecified atom stereocenters. The predicted octanol–water partition coefficient (Wildman–Crippen LogP) is 4.19. The summed E-state index contributed by atoms with van der Waals surface area (Å²) in [6.07, 6.45) is 3.93. The fourth-order valence-electron chi connectivity index (χ4n) is 4.35. The van der Waals surface area contributed by atoms with E-state index in [1.54, 1.807) is 31.2 Å². The van der Waals surface area contributed by atoms with Gasteiger partial charge in [-0.2, -0.15) is 0 Å². The van der Waals surface area contributed by atoms with Gasteiger partial charge >= 0.3 is 0 Å². The van der Waals surface area contributed by atoms with E-state index in [2.05, 4.69) is 4.72 Å². The van der Waals surface area contributed by atoms with Gasteiger partial charge in [0.2, 0.25) is 0 Å². The lowest BCUT2D eigenvalue weighted by molar-refractivity contribution is 0.0548. The van der Waals surface area contributed by atoms with Crippen LogP contribution in [0.1, 0.15) is 52.7 Å². The molecule has 160 valence electrons. The lowest BCUT2D eigenvalue weighted by Gasteiger charge is -2.37. The first kappa shape index (κ1) is 20.7. The molecule has 6 nitrogen and oxygen atoms in total. The molecule has 2 aliphatic rings. The number of nitrogens with zero attached hydrogens (tertiary/aromatic N) is 1. The highest BCUT2D eigenvalue weighted by Gasteiger charge is 2.31. The van der Waals surface area contributed by atoms with Gasteiger partial charge in [0.25, 0.3) is 15.9 Å². The molecule has 0 bridgehead atoms. The van der Waals surface area contributed by atoms with Gasteiger partial charge in [0.15, 0.2) is 0 Å². The van der Waals surface area contributed by atoms with Crippen LogP contribution >= 0.6 is 0 Å². The lowest BCUT2D eigenvalue weighted by atomic mass is 9.97. The summed E-state index contributed by atoms with van der Waals surface area (Å²) in [4.78, 5) is 15.4. The van der Waals surface area contributed by atoms with E-state index < -0.39 is 10.0 Å². The van der Waals surface area contributed by atoms with Gasteiger partial charge < -0.3 is 9.64 Å². The maximum absolute atomic E-state index is 13.2. The first-order valence-electron chi connectivity index (χ1n) is 10.4. The van der Waals surface area contributed by atoms with E-state index in [1.807, 2.05) is 24.8 Å². The molecule has 1 fully saturated rings. The number of fused-ring (bicyclic) bond motifs is 2. The number of carbonyl (C=O) groups excluding carboxylic acids is 1. The molecule has 7 heteroatoms. The summed E-state index contributed by atoms with van der Waals surface area (Å²) in [7, 11) is -3.78. The molecule has 0 saturated carbocycles. The first-order valence-corrected chi connectivity index (χ1v) is 11.9. The zero-order valence-electron chi connectivity index (χ0n) is 17.7. The molecule has 0 radical (unpaired) electrons. The Hall–Kier alpha value is -2.54. The molecular weight excluding hydrogens is 400 g/mol. The number of sulfonamides is 1. The molecule has 1 amide bonds. The van der Waals surface area contributed by atoms with Crippen LogP contribution < -0.4 is 9.46 Å². The van der Waals surface area contributed by atoms with Crippen LogP contribution in [0.25, 0.3) is 0 Å². The normalized spacial score (nSPS) is 19.2. The number of hydrogen-bond acceptors (Lipinski definition) is 4. The van der Waals surface area contributed by atoms with Crippen molar-refractivity contribution in [2.24, 2.45) is 0 Å². The van der Waals surface area contributed by atoms with Crippen molar-refractivity contribution in [2.75, 3.05) is 17.9 Å². The Morgan fingerprint density at radius 1 is 1.00 bits per heavy atom. The van der Waals surface area contributed by atoms with E-state index >= 15 is 0 Å². The zero-order valence-corrected chi connectivity index (χ0v) is 18.5. The summed E-state index contributed by atoms with van der Waals surface area (Å²) in [6, 6.07) is 8.68. The minimum Gasteiger partial charge on any atom is -0.493 e. The van der Waals surface area contributed by atoms with Crippen LogP contribution in [-0.2, 0) is 10.0 Å². The van der Waals surface area contributed by atoms with Crippen LogP contribution in [-0.4, -0.2) is 38.4 Å². The third-order valence-corrected chi connectivity index (χ3v) is 7.66. The second kappa shape index (κ2) is 7.95. The monoisotopic (exact) mass is 428 g/mol. The van der Waals surface area contributed by atoms with Crippen LogP contribution in [0.3, 0.4) is 0 Å². The van der Waals surface area contributed by atoms with Gasteiger partial charge in [-0.15, -0.1) is 0 Å². The number of hydrogen-bond donors (Lipinski definition) is 1. The van der Waals surface area contributed by atoms with Crippen LogP contribution in [0, 0.1) is 20.8 Å². The number of aryl methyl sites for hydroxylation is 3. The van der Waals surface area contributed by atoms with Crippen molar-refractivity contribution in [1.29, 1.82) is 0 Å². The number of anilines is 1. The van der Waals surface area contributed by atoms with Crippen LogP contribution in [0.5, 0.6) is 5.75 Å². The molecule has 0 aliphatic carbocycles. The van der Waals surface area contributed by atoms with Gasteiger partial charge in [-0.3, -0.25) is 9.52 Å². The summed E-state index contributed by atoms with van der Waals surface area (Å²) in [5.41, 5.74) is 3.42. The predicted molar refractivity (Wildman–Crippen MR) is 117 cm³/mol. The quantitative estimate of drug-likeness (QED) is 0.795. The third kappa shape index (κ3) is 3.90. The van der Waals surface area contributed by atoms with E-state index in [-0.39, 0.29) is 16.8 Å². The number of benzene rings is 2. The topological polar surface area (TPSA) is 75.7 Å². The zero-order chi connectivity index (χ0) is 21.5. The van der Waals surface area contributed by atoms with Gasteiger partial charge in [-0.05, 0) is 81.0 Å². The van der Waals surface area contributed by atoms with Crippen molar-refractivity contribution < 1.29 is 17.9 Å². The fraction of sp³-hybridized carbons (Fsp3) is 0.435. The third-order valence-electron chi connectivity index (χ3n) is 6.14. The van der Waals surface area contributed by atoms with Crippen molar-refractivity contribution in [2.45, 2.75) is 57.4 Å². The van der Waals surface area contributed by atoms with Gasteiger partial charge in [-0.1, -0.05) is 6.07 Å². The summed E-state index contributed by atoms with van der Waals surface area (Å²) in [5.74, 6) is 0.423. The molecular formula is C23H28N2O4S.